The fourth-order valence-corrected chi connectivity index (χ4v) is 2.67. The fraction of sp³-hybridized carbons (Fsp3) is 0.800. The lowest BCUT2D eigenvalue weighted by molar-refractivity contribution is 0.473. The van der Waals surface area contributed by atoms with Crippen LogP contribution >= 0.6 is 10.7 Å². The van der Waals surface area contributed by atoms with Gasteiger partial charge in [0.2, 0.25) is 0 Å². The Morgan fingerprint density at radius 1 is 1.29 bits per heavy atom. The number of hydrogen-bond acceptors (Lipinski definition) is 4. The third-order valence-corrected chi connectivity index (χ3v) is 4.36. The minimum atomic E-state index is -3.82. The summed E-state index contributed by atoms with van der Waals surface area (Å²) in [4.78, 5) is 0. The predicted octanol–water partition coefficient (Wildman–Crippen LogP) is 2.30. The Kier molecular flexibility index (Phi) is 3.20. The summed E-state index contributed by atoms with van der Waals surface area (Å²) in [6.07, 6.45) is 1.94. The van der Waals surface area contributed by atoms with E-state index >= 15 is 0 Å². The van der Waals surface area contributed by atoms with Gasteiger partial charge in [0.25, 0.3) is 14.2 Å². The fourth-order valence-electron chi connectivity index (χ4n) is 1.74. The quantitative estimate of drug-likeness (QED) is 0.792. The van der Waals surface area contributed by atoms with E-state index in [0.29, 0.717) is 5.92 Å². The first-order valence-corrected chi connectivity index (χ1v) is 8.02. The van der Waals surface area contributed by atoms with Crippen molar-refractivity contribution in [1.82, 2.24) is 14.8 Å². The molecule has 1 saturated carbocycles. The van der Waals surface area contributed by atoms with Gasteiger partial charge in [0.1, 0.15) is 5.82 Å². The third kappa shape index (κ3) is 2.47. The molecule has 0 aromatic carbocycles. The first kappa shape index (κ1) is 12.8. The number of rotatable bonds is 4. The molecule has 0 aliphatic heterocycles. The van der Waals surface area contributed by atoms with Gasteiger partial charge in [-0.2, -0.15) is 0 Å². The van der Waals surface area contributed by atoms with Crippen molar-refractivity contribution in [2.75, 3.05) is 0 Å². The second-order valence-electron chi connectivity index (χ2n) is 4.91. The van der Waals surface area contributed by atoms with Crippen molar-refractivity contribution in [3.63, 3.8) is 0 Å². The van der Waals surface area contributed by atoms with E-state index in [1.54, 1.807) is 4.57 Å². The smallest absolute Gasteiger partial charge is 0.296 e. The van der Waals surface area contributed by atoms with Crippen LogP contribution < -0.4 is 0 Å². The molecule has 0 saturated heterocycles. The van der Waals surface area contributed by atoms with Gasteiger partial charge in [-0.15, -0.1) is 10.2 Å². The first-order valence-electron chi connectivity index (χ1n) is 5.71. The Balaban J connectivity index is 2.51. The lowest BCUT2D eigenvalue weighted by Crippen LogP contribution is -2.13. The molecule has 1 aliphatic carbocycles. The molecule has 0 amide bonds. The van der Waals surface area contributed by atoms with Crippen LogP contribution in [0.15, 0.2) is 5.16 Å². The monoisotopic (exact) mass is 277 g/mol. The van der Waals surface area contributed by atoms with Crippen LogP contribution in [0.1, 0.15) is 51.4 Å². The minimum absolute atomic E-state index is 0.107. The van der Waals surface area contributed by atoms with E-state index < -0.39 is 9.05 Å². The highest BCUT2D eigenvalue weighted by molar-refractivity contribution is 8.13. The molecule has 0 spiro atoms. The summed E-state index contributed by atoms with van der Waals surface area (Å²) in [7, 11) is 1.57. The van der Waals surface area contributed by atoms with Gasteiger partial charge in [0, 0.05) is 22.6 Å². The largest absolute Gasteiger partial charge is 0.297 e. The maximum atomic E-state index is 11.4. The van der Waals surface area contributed by atoms with Gasteiger partial charge in [-0.25, -0.2) is 8.42 Å². The molecule has 7 heteroatoms. The summed E-state index contributed by atoms with van der Waals surface area (Å²) in [6.45, 7) is 6.18. The minimum Gasteiger partial charge on any atom is -0.297 e. The summed E-state index contributed by atoms with van der Waals surface area (Å²) < 4.78 is 24.6. The Morgan fingerprint density at radius 3 is 2.29 bits per heavy atom. The number of hydrogen-bond donors (Lipinski definition) is 0. The standard InChI is InChI=1S/C10H16ClN3O2S/c1-6(2)7(3)9-12-13-10(17(11,15)16)14(9)8-4-5-8/h6-8H,4-5H2,1-3H3. The van der Waals surface area contributed by atoms with E-state index in [4.69, 9.17) is 10.7 Å². The predicted molar refractivity (Wildman–Crippen MR) is 64.6 cm³/mol. The van der Waals surface area contributed by atoms with E-state index in [1.807, 2.05) is 6.92 Å². The summed E-state index contributed by atoms with van der Waals surface area (Å²) in [6, 6.07) is 0.199. The van der Waals surface area contributed by atoms with Gasteiger partial charge >= 0.3 is 0 Å². The zero-order valence-corrected chi connectivity index (χ0v) is 11.7. The molecular formula is C10H16ClN3O2S. The normalized spacial score (nSPS) is 18.6. The molecule has 0 radical (unpaired) electrons. The Labute approximate surface area is 106 Å². The number of nitrogens with zero attached hydrogens (tertiary/aromatic N) is 3. The van der Waals surface area contributed by atoms with E-state index in [9.17, 15) is 8.42 Å². The summed E-state index contributed by atoms with van der Waals surface area (Å²) >= 11 is 0. The molecule has 1 unspecified atom stereocenters. The Morgan fingerprint density at radius 2 is 1.88 bits per heavy atom. The molecule has 1 heterocycles. The maximum absolute atomic E-state index is 11.4. The maximum Gasteiger partial charge on any atom is 0.296 e. The van der Waals surface area contributed by atoms with Gasteiger partial charge < -0.3 is 0 Å². The Bertz CT molecular complexity index is 520. The van der Waals surface area contributed by atoms with Crippen LogP contribution in [-0.2, 0) is 9.05 Å². The van der Waals surface area contributed by atoms with Gasteiger partial charge in [-0.3, -0.25) is 4.57 Å². The van der Waals surface area contributed by atoms with Crippen molar-refractivity contribution < 1.29 is 8.42 Å². The van der Waals surface area contributed by atoms with Gasteiger partial charge in [-0.05, 0) is 18.8 Å². The van der Waals surface area contributed by atoms with Gasteiger partial charge in [0.15, 0.2) is 0 Å². The van der Waals surface area contributed by atoms with Crippen LogP contribution in [0, 0.1) is 5.92 Å². The Hall–Kier alpha value is -0.620. The van der Waals surface area contributed by atoms with Crippen molar-refractivity contribution in [1.29, 1.82) is 0 Å². The second kappa shape index (κ2) is 4.24. The average Bonchev–Trinajstić information content (AvgIpc) is 2.94. The molecule has 1 fully saturated rings. The van der Waals surface area contributed by atoms with Crippen LogP contribution in [0.5, 0.6) is 0 Å². The highest BCUT2D eigenvalue weighted by Crippen LogP contribution is 2.40. The molecule has 1 aliphatic rings. The highest BCUT2D eigenvalue weighted by Gasteiger charge is 2.35. The van der Waals surface area contributed by atoms with Crippen molar-refractivity contribution in [2.24, 2.45) is 5.92 Å². The zero-order chi connectivity index (χ0) is 12.8. The molecule has 0 N–H and O–H groups in total. The van der Waals surface area contributed by atoms with Crippen LogP contribution in [0.25, 0.3) is 0 Å². The van der Waals surface area contributed by atoms with Crippen LogP contribution in [0.3, 0.4) is 0 Å². The molecule has 96 valence electrons. The van der Waals surface area contributed by atoms with Crippen molar-refractivity contribution in [3.05, 3.63) is 5.82 Å². The lowest BCUT2D eigenvalue weighted by atomic mass is 9.97. The zero-order valence-electron chi connectivity index (χ0n) is 10.1. The van der Waals surface area contributed by atoms with Gasteiger partial charge in [-0.1, -0.05) is 20.8 Å². The molecule has 5 nitrogen and oxygen atoms in total. The summed E-state index contributed by atoms with van der Waals surface area (Å²) in [5.74, 6) is 1.26. The van der Waals surface area contributed by atoms with Crippen molar-refractivity contribution >= 4 is 19.7 Å². The van der Waals surface area contributed by atoms with Crippen LogP contribution in [-0.4, -0.2) is 23.2 Å². The van der Waals surface area contributed by atoms with Crippen LogP contribution in [0.2, 0.25) is 0 Å². The molecule has 2 rings (SSSR count). The second-order valence-corrected chi connectivity index (χ2v) is 7.37. The molecule has 17 heavy (non-hydrogen) atoms. The highest BCUT2D eigenvalue weighted by atomic mass is 35.7. The number of halogens is 1. The lowest BCUT2D eigenvalue weighted by Gasteiger charge is -2.16. The third-order valence-electron chi connectivity index (χ3n) is 3.23. The molecule has 1 aromatic rings. The molecule has 1 aromatic heterocycles. The first-order chi connectivity index (χ1) is 7.82. The van der Waals surface area contributed by atoms with E-state index in [1.165, 1.54) is 0 Å². The summed E-state index contributed by atoms with van der Waals surface area (Å²) in [5, 5.41) is 7.65. The number of aromatic nitrogens is 3. The molecular weight excluding hydrogens is 262 g/mol. The van der Waals surface area contributed by atoms with E-state index in [0.717, 1.165) is 18.7 Å². The van der Waals surface area contributed by atoms with Crippen molar-refractivity contribution in [3.8, 4) is 0 Å². The SMILES string of the molecule is CC(C)C(C)c1nnc(S(=O)(=O)Cl)n1C1CC1. The molecule has 1 atom stereocenters. The topological polar surface area (TPSA) is 64.8 Å². The van der Waals surface area contributed by atoms with Gasteiger partial charge in [0.05, 0.1) is 0 Å². The van der Waals surface area contributed by atoms with Crippen molar-refractivity contribution in [2.45, 2.75) is 50.7 Å². The summed E-state index contributed by atoms with van der Waals surface area (Å²) in [5.41, 5.74) is 0. The van der Waals surface area contributed by atoms with E-state index in [2.05, 4.69) is 24.0 Å². The van der Waals surface area contributed by atoms with Crippen LogP contribution in [0.4, 0.5) is 0 Å². The van der Waals surface area contributed by atoms with E-state index in [-0.39, 0.29) is 17.1 Å². The molecule has 0 bridgehead atoms. The average molecular weight is 278 g/mol.